The smallest absolute Gasteiger partial charge is 0.245 e. The van der Waals surface area contributed by atoms with E-state index in [1.165, 1.54) is 4.90 Å². The molecule has 1 saturated heterocycles. The molecule has 5 nitrogen and oxygen atoms in total. The van der Waals surface area contributed by atoms with Gasteiger partial charge in [-0.15, -0.1) is 11.8 Å². The molecule has 2 aromatic carbocycles. The van der Waals surface area contributed by atoms with Gasteiger partial charge in [-0.25, -0.2) is 5.43 Å². The van der Waals surface area contributed by atoms with E-state index in [1.807, 2.05) is 60.9 Å². The molecular weight excluding hydrogens is 334 g/mol. The first-order valence-electron chi connectivity index (χ1n) is 8.00. The molecule has 0 radical (unpaired) electrons. The minimum absolute atomic E-state index is 0.0389. The Morgan fingerprint density at radius 1 is 1.20 bits per heavy atom. The quantitative estimate of drug-likeness (QED) is 0.511. The summed E-state index contributed by atoms with van der Waals surface area (Å²) in [6.07, 6.45) is 3.83. The van der Waals surface area contributed by atoms with E-state index in [2.05, 4.69) is 10.5 Å². The Bertz CT molecular complexity index is 775. The summed E-state index contributed by atoms with van der Waals surface area (Å²) in [5.41, 5.74) is 4.27. The van der Waals surface area contributed by atoms with Crippen molar-refractivity contribution < 1.29 is 9.59 Å². The molecule has 3 rings (SSSR count). The van der Waals surface area contributed by atoms with Gasteiger partial charge in [0.15, 0.2) is 0 Å². The molecular formula is C19H19N3O2S. The number of para-hydroxylation sites is 1. The van der Waals surface area contributed by atoms with Crippen molar-refractivity contribution in [3.8, 4) is 0 Å². The number of thioether (sulfide) groups is 1. The van der Waals surface area contributed by atoms with Gasteiger partial charge in [0.1, 0.15) is 0 Å². The second-order valence-corrected chi connectivity index (χ2v) is 6.63. The Labute approximate surface area is 151 Å². The fourth-order valence-electron chi connectivity index (χ4n) is 2.69. The number of nitrogens with one attached hydrogen (secondary N) is 1. The monoisotopic (exact) mass is 353 g/mol. The Morgan fingerprint density at radius 3 is 2.60 bits per heavy atom. The van der Waals surface area contributed by atoms with Crippen LogP contribution in [0, 0.1) is 5.92 Å². The van der Waals surface area contributed by atoms with Crippen molar-refractivity contribution in [1.82, 2.24) is 5.43 Å². The molecule has 2 aromatic rings. The van der Waals surface area contributed by atoms with Crippen molar-refractivity contribution in [3.05, 3.63) is 60.2 Å². The number of amides is 2. The normalized spacial score (nSPS) is 17.2. The Kier molecular flexibility index (Phi) is 5.50. The average Bonchev–Trinajstić information content (AvgIpc) is 3.05. The van der Waals surface area contributed by atoms with E-state index in [1.54, 1.807) is 22.9 Å². The Morgan fingerprint density at radius 2 is 1.92 bits per heavy atom. The van der Waals surface area contributed by atoms with Gasteiger partial charge in [0.2, 0.25) is 11.8 Å². The van der Waals surface area contributed by atoms with Crippen LogP contribution >= 0.6 is 11.8 Å². The van der Waals surface area contributed by atoms with Gasteiger partial charge in [-0.2, -0.15) is 5.10 Å². The fourth-order valence-corrected chi connectivity index (χ4v) is 3.10. The van der Waals surface area contributed by atoms with Crippen LogP contribution in [-0.2, 0) is 9.59 Å². The minimum atomic E-state index is -0.385. The predicted octanol–water partition coefficient (Wildman–Crippen LogP) is 2.91. The van der Waals surface area contributed by atoms with Crippen molar-refractivity contribution in [3.63, 3.8) is 0 Å². The molecule has 25 heavy (non-hydrogen) atoms. The van der Waals surface area contributed by atoms with Gasteiger partial charge < -0.3 is 4.90 Å². The van der Waals surface area contributed by atoms with Crippen molar-refractivity contribution in [2.45, 2.75) is 11.3 Å². The molecule has 0 unspecified atom stereocenters. The lowest BCUT2D eigenvalue weighted by Crippen LogP contribution is -2.30. The van der Waals surface area contributed by atoms with Crippen LogP contribution in [0.3, 0.4) is 0 Å². The molecule has 0 aliphatic carbocycles. The maximum absolute atomic E-state index is 12.3. The van der Waals surface area contributed by atoms with E-state index >= 15 is 0 Å². The molecule has 0 saturated carbocycles. The topological polar surface area (TPSA) is 61.8 Å². The number of nitrogens with zero attached hydrogens (tertiary/aromatic N) is 2. The lowest BCUT2D eigenvalue weighted by molar-refractivity contribution is -0.126. The number of carbonyl (C=O) groups excluding carboxylic acids is 2. The van der Waals surface area contributed by atoms with Crippen LogP contribution in [0.2, 0.25) is 0 Å². The van der Waals surface area contributed by atoms with E-state index in [-0.39, 0.29) is 24.2 Å². The number of hydrogen-bond acceptors (Lipinski definition) is 4. The van der Waals surface area contributed by atoms with Crippen LogP contribution in [0.15, 0.2) is 64.6 Å². The third-order valence-electron chi connectivity index (χ3n) is 4.07. The fraction of sp³-hybridized carbons (Fsp3) is 0.211. The number of anilines is 1. The first kappa shape index (κ1) is 17.2. The zero-order chi connectivity index (χ0) is 17.6. The molecule has 1 atom stereocenters. The highest BCUT2D eigenvalue weighted by Crippen LogP contribution is 2.24. The van der Waals surface area contributed by atoms with E-state index in [0.29, 0.717) is 6.54 Å². The van der Waals surface area contributed by atoms with Gasteiger partial charge in [-0.1, -0.05) is 30.3 Å². The van der Waals surface area contributed by atoms with Crippen molar-refractivity contribution in [1.29, 1.82) is 0 Å². The van der Waals surface area contributed by atoms with Crippen molar-refractivity contribution >= 4 is 35.5 Å². The summed E-state index contributed by atoms with van der Waals surface area (Å²) in [4.78, 5) is 27.2. The summed E-state index contributed by atoms with van der Waals surface area (Å²) in [6, 6.07) is 17.3. The van der Waals surface area contributed by atoms with Crippen LogP contribution in [0.5, 0.6) is 0 Å². The highest BCUT2D eigenvalue weighted by atomic mass is 32.2. The number of hydrogen-bond donors (Lipinski definition) is 1. The van der Waals surface area contributed by atoms with Gasteiger partial charge in [0.25, 0.3) is 0 Å². The maximum atomic E-state index is 12.3. The predicted molar refractivity (Wildman–Crippen MR) is 101 cm³/mol. The lowest BCUT2D eigenvalue weighted by Gasteiger charge is -2.16. The number of rotatable bonds is 5. The summed E-state index contributed by atoms with van der Waals surface area (Å²) in [5.74, 6) is -0.657. The molecule has 128 valence electrons. The van der Waals surface area contributed by atoms with E-state index in [4.69, 9.17) is 0 Å². The van der Waals surface area contributed by atoms with Gasteiger partial charge >= 0.3 is 0 Å². The highest BCUT2D eigenvalue weighted by Gasteiger charge is 2.34. The summed E-state index contributed by atoms with van der Waals surface area (Å²) in [6.45, 7) is 0.382. The standard InChI is InChI=1S/C19H19N3O2S/c1-25-17-9-7-14(8-10-17)12-20-21-19(24)15-11-18(23)22(13-15)16-5-3-2-4-6-16/h2-10,12,15H,11,13H2,1H3,(H,21,24)/b20-12-/t15-/m0/s1. The third kappa shape index (κ3) is 4.28. The van der Waals surface area contributed by atoms with E-state index in [0.717, 1.165) is 11.3 Å². The first-order valence-corrected chi connectivity index (χ1v) is 9.22. The van der Waals surface area contributed by atoms with E-state index < -0.39 is 0 Å². The zero-order valence-electron chi connectivity index (χ0n) is 13.9. The molecule has 1 aliphatic heterocycles. The van der Waals surface area contributed by atoms with Gasteiger partial charge in [-0.3, -0.25) is 9.59 Å². The molecule has 0 bridgehead atoms. The van der Waals surface area contributed by atoms with Crippen LogP contribution in [-0.4, -0.2) is 30.8 Å². The summed E-state index contributed by atoms with van der Waals surface area (Å²) >= 11 is 1.67. The second kappa shape index (κ2) is 7.98. The van der Waals surface area contributed by atoms with Crippen LogP contribution in [0.4, 0.5) is 5.69 Å². The number of hydrazone groups is 1. The molecule has 2 amide bonds. The maximum Gasteiger partial charge on any atom is 0.245 e. The molecule has 6 heteroatoms. The third-order valence-corrected chi connectivity index (χ3v) is 4.81. The number of benzene rings is 2. The number of carbonyl (C=O) groups is 2. The van der Waals surface area contributed by atoms with Crippen LogP contribution in [0.1, 0.15) is 12.0 Å². The molecule has 0 spiro atoms. The SMILES string of the molecule is CSc1ccc(/C=N\NC(=O)[C@H]2CC(=O)N(c3ccccc3)C2)cc1. The largest absolute Gasteiger partial charge is 0.312 e. The summed E-state index contributed by atoms with van der Waals surface area (Å²) < 4.78 is 0. The summed E-state index contributed by atoms with van der Waals surface area (Å²) in [7, 11) is 0. The highest BCUT2D eigenvalue weighted by molar-refractivity contribution is 7.98. The zero-order valence-corrected chi connectivity index (χ0v) is 14.7. The second-order valence-electron chi connectivity index (χ2n) is 5.75. The van der Waals surface area contributed by atoms with Crippen LogP contribution in [0.25, 0.3) is 0 Å². The Hall–Kier alpha value is -2.60. The summed E-state index contributed by atoms with van der Waals surface area (Å²) in [5, 5.41) is 4.00. The van der Waals surface area contributed by atoms with Gasteiger partial charge in [-0.05, 0) is 36.1 Å². The molecule has 1 heterocycles. The van der Waals surface area contributed by atoms with Crippen LogP contribution < -0.4 is 10.3 Å². The van der Waals surface area contributed by atoms with E-state index in [9.17, 15) is 9.59 Å². The molecule has 1 N–H and O–H groups in total. The lowest BCUT2D eigenvalue weighted by atomic mass is 10.1. The molecule has 1 fully saturated rings. The average molecular weight is 353 g/mol. The molecule has 1 aliphatic rings. The Balaban J connectivity index is 1.56. The van der Waals surface area contributed by atoms with Gasteiger partial charge in [0.05, 0.1) is 12.1 Å². The molecule has 0 aromatic heterocycles. The van der Waals surface area contributed by atoms with Crippen molar-refractivity contribution in [2.24, 2.45) is 11.0 Å². The minimum Gasteiger partial charge on any atom is -0.312 e. The first-order chi connectivity index (χ1) is 12.2. The van der Waals surface area contributed by atoms with Gasteiger partial charge in [0, 0.05) is 23.5 Å². The van der Waals surface area contributed by atoms with Crippen molar-refractivity contribution in [2.75, 3.05) is 17.7 Å².